The fraction of sp³-hybridized carbons (Fsp3) is 0.278. The van der Waals surface area contributed by atoms with Gasteiger partial charge in [-0.3, -0.25) is 0 Å². The highest BCUT2D eigenvalue weighted by atomic mass is 35.5. The molecule has 22 heavy (non-hydrogen) atoms. The lowest BCUT2D eigenvalue weighted by atomic mass is 10.0. The zero-order valence-corrected chi connectivity index (χ0v) is 13.9. The van der Waals surface area contributed by atoms with Gasteiger partial charge in [0, 0.05) is 10.7 Å². The second-order valence-electron chi connectivity index (χ2n) is 5.36. The number of aryl methyl sites for hydroxylation is 1. The molecule has 0 heterocycles. The van der Waals surface area contributed by atoms with Gasteiger partial charge >= 0.3 is 6.03 Å². The Bertz CT molecular complexity index is 653. The molecular weight excluding hydrogens is 296 g/mol. The van der Waals surface area contributed by atoms with Crippen LogP contribution in [0.2, 0.25) is 5.02 Å². The number of urea groups is 1. The van der Waals surface area contributed by atoms with Crippen molar-refractivity contribution < 1.29 is 4.79 Å². The Morgan fingerprint density at radius 1 is 1.14 bits per heavy atom. The summed E-state index contributed by atoms with van der Waals surface area (Å²) < 4.78 is 0. The summed E-state index contributed by atoms with van der Waals surface area (Å²) in [7, 11) is 0. The Kier molecular flexibility index (Phi) is 5.45. The van der Waals surface area contributed by atoms with Crippen LogP contribution in [-0.2, 0) is 0 Å². The van der Waals surface area contributed by atoms with Crippen molar-refractivity contribution in [3.8, 4) is 0 Å². The van der Waals surface area contributed by atoms with Crippen LogP contribution in [0.15, 0.2) is 42.5 Å². The summed E-state index contributed by atoms with van der Waals surface area (Å²) in [6.07, 6.45) is 0.807. The van der Waals surface area contributed by atoms with Crippen molar-refractivity contribution in [2.45, 2.75) is 33.2 Å². The zero-order valence-electron chi connectivity index (χ0n) is 13.1. The number of carbonyl (C=O) groups is 1. The van der Waals surface area contributed by atoms with E-state index in [0.717, 1.165) is 28.8 Å². The van der Waals surface area contributed by atoms with E-state index in [-0.39, 0.29) is 12.1 Å². The first kappa shape index (κ1) is 16.4. The summed E-state index contributed by atoms with van der Waals surface area (Å²) in [6, 6.07) is 13.2. The van der Waals surface area contributed by atoms with E-state index in [0.29, 0.717) is 5.02 Å². The van der Waals surface area contributed by atoms with E-state index in [1.54, 1.807) is 0 Å². The number of rotatable bonds is 4. The number of carbonyl (C=O) groups excluding carboxylic acids is 1. The second kappa shape index (κ2) is 7.32. The minimum atomic E-state index is -0.199. The average Bonchev–Trinajstić information content (AvgIpc) is 2.50. The molecular formula is C18H21ClN2O. The average molecular weight is 317 g/mol. The number of anilines is 1. The largest absolute Gasteiger partial charge is 0.331 e. The van der Waals surface area contributed by atoms with Crippen molar-refractivity contribution in [3.05, 3.63) is 64.2 Å². The van der Waals surface area contributed by atoms with Crippen LogP contribution in [0.1, 0.15) is 36.1 Å². The molecule has 2 aromatic rings. The van der Waals surface area contributed by atoms with E-state index in [2.05, 4.69) is 10.6 Å². The maximum absolute atomic E-state index is 12.2. The molecule has 0 aliphatic heterocycles. The lowest BCUT2D eigenvalue weighted by molar-refractivity contribution is 0.248. The first-order valence-corrected chi connectivity index (χ1v) is 7.78. The predicted octanol–water partition coefficient (Wildman–Crippen LogP) is 5.23. The van der Waals surface area contributed by atoms with E-state index < -0.39 is 0 Å². The molecule has 0 spiro atoms. The summed E-state index contributed by atoms with van der Waals surface area (Å²) >= 11 is 5.91. The molecule has 0 radical (unpaired) electrons. The van der Waals surface area contributed by atoms with E-state index in [9.17, 15) is 4.79 Å². The highest BCUT2D eigenvalue weighted by Gasteiger charge is 2.13. The minimum Gasteiger partial charge on any atom is -0.331 e. The van der Waals surface area contributed by atoms with Crippen LogP contribution in [0.5, 0.6) is 0 Å². The van der Waals surface area contributed by atoms with Crippen LogP contribution in [-0.4, -0.2) is 6.03 Å². The van der Waals surface area contributed by atoms with Crippen molar-refractivity contribution in [2.24, 2.45) is 0 Å². The fourth-order valence-corrected chi connectivity index (χ4v) is 2.45. The Morgan fingerprint density at radius 2 is 1.82 bits per heavy atom. The predicted molar refractivity (Wildman–Crippen MR) is 92.6 cm³/mol. The van der Waals surface area contributed by atoms with E-state index >= 15 is 0 Å². The Morgan fingerprint density at radius 3 is 2.45 bits per heavy atom. The van der Waals surface area contributed by atoms with Gasteiger partial charge in [0.05, 0.1) is 6.04 Å². The molecule has 2 N–H and O–H groups in total. The molecule has 1 unspecified atom stereocenters. The fourth-order valence-electron chi connectivity index (χ4n) is 2.32. The maximum atomic E-state index is 12.2. The van der Waals surface area contributed by atoms with Gasteiger partial charge < -0.3 is 10.6 Å². The van der Waals surface area contributed by atoms with Crippen molar-refractivity contribution >= 4 is 23.3 Å². The van der Waals surface area contributed by atoms with Crippen LogP contribution in [0.4, 0.5) is 10.5 Å². The van der Waals surface area contributed by atoms with Gasteiger partial charge in [0.1, 0.15) is 0 Å². The molecule has 0 aliphatic rings. The van der Waals surface area contributed by atoms with Gasteiger partial charge in [-0.1, -0.05) is 42.8 Å². The standard InChI is InChI=1S/C18H21ClN2O/c1-4-16(14-8-10-15(19)11-9-14)20-18(22)21-17-7-5-6-12(2)13(17)3/h5-11,16H,4H2,1-3H3,(H2,20,21,22). The number of nitrogens with one attached hydrogen (secondary N) is 2. The quantitative estimate of drug-likeness (QED) is 0.796. The summed E-state index contributed by atoms with van der Waals surface area (Å²) in [5.74, 6) is 0. The third-order valence-electron chi connectivity index (χ3n) is 3.84. The van der Waals surface area contributed by atoms with Crippen molar-refractivity contribution in [3.63, 3.8) is 0 Å². The second-order valence-corrected chi connectivity index (χ2v) is 5.79. The molecule has 0 fully saturated rings. The molecule has 2 aromatic carbocycles. The lowest BCUT2D eigenvalue weighted by Crippen LogP contribution is -2.32. The molecule has 1 atom stereocenters. The van der Waals surface area contributed by atoms with Crippen molar-refractivity contribution in [1.29, 1.82) is 0 Å². The van der Waals surface area contributed by atoms with Gasteiger partial charge in [-0.25, -0.2) is 4.79 Å². The lowest BCUT2D eigenvalue weighted by Gasteiger charge is -2.19. The zero-order chi connectivity index (χ0) is 16.1. The Balaban J connectivity index is 2.06. The van der Waals surface area contributed by atoms with Gasteiger partial charge in [0.15, 0.2) is 0 Å². The van der Waals surface area contributed by atoms with Crippen molar-refractivity contribution in [2.75, 3.05) is 5.32 Å². The number of hydrogen-bond donors (Lipinski definition) is 2. The third-order valence-corrected chi connectivity index (χ3v) is 4.09. The molecule has 0 saturated heterocycles. The van der Waals surface area contributed by atoms with Gasteiger partial charge in [-0.05, 0) is 55.2 Å². The van der Waals surface area contributed by atoms with E-state index in [4.69, 9.17) is 11.6 Å². The molecule has 4 heteroatoms. The Hall–Kier alpha value is -2.00. The normalized spacial score (nSPS) is 11.8. The molecule has 0 aromatic heterocycles. The van der Waals surface area contributed by atoms with E-state index in [1.807, 2.05) is 63.2 Å². The topological polar surface area (TPSA) is 41.1 Å². The van der Waals surface area contributed by atoms with E-state index in [1.165, 1.54) is 0 Å². The monoisotopic (exact) mass is 316 g/mol. The first-order chi connectivity index (χ1) is 10.5. The summed E-state index contributed by atoms with van der Waals surface area (Å²) in [6.45, 7) is 6.07. The van der Waals surface area contributed by atoms with Crippen LogP contribution in [0, 0.1) is 13.8 Å². The summed E-state index contributed by atoms with van der Waals surface area (Å²) in [5.41, 5.74) is 4.12. The first-order valence-electron chi connectivity index (χ1n) is 7.40. The molecule has 2 amide bonds. The highest BCUT2D eigenvalue weighted by Crippen LogP contribution is 2.21. The minimum absolute atomic E-state index is 0.0395. The SMILES string of the molecule is CCC(NC(=O)Nc1cccc(C)c1C)c1ccc(Cl)cc1. The van der Waals surface area contributed by atoms with Gasteiger partial charge in [0.25, 0.3) is 0 Å². The third kappa shape index (κ3) is 4.01. The number of halogens is 1. The molecule has 3 nitrogen and oxygen atoms in total. The summed E-state index contributed by atoms with van der Waals surface area (Å²) in [4.78, 5) is 12.2. The maximum Gasteiger partial charge on any atom is 0.319 e. The number of benzene rings is 2. The van der Waals surface area contributed by atoms with Crippen LogP contribution < -0.4 is 10.6 Å². The van der Waals surface area contributed by atoms with Crippen LogP contribution >= 0.6 is 11.6 Å². The van der Waals surface area contributed by atoms with Crippen LogP contribution in [0.25, 0.3) is 0 Å². The number of hydrogen-bond acceptors (Lipinski definition) is 1. The molecule has 2 rings (SSSR count). The van der Waals surface area contributed by atoms with Crippen LogP contribution in [0.3, 0.4) is 0 Å². The van der Waals surface area contributed by atoms with Crippen molar-refractivity contribution in [1.82, 2.24) is 5.32 Å². The number of amides is 2. The van der Waals surface area contributed by atoms with Gasteiger partial charge in [0.2, 0.25) is 0 Å². The summed E-state index contributed by atoms with van der Waals surface area (Å²) in [5, 5.41) is 6.62. The van der Waals surface area contributed by atoms with Gasteiger partial charge in [-0.15, -0.1) is 0 Å². The molecule has 0 bridgehead atoms. The molecule has 0 saturated carbocycles. The highest BCUT2D eigenvalue weighted by molar-refractivity contribution is 6.30. The molecule has 0 aliphatic carbocycles. The smallest absolute Gasteiger partial charge is 0.319 e. The van der Waals surface area contributed by atoms with Gasteiger partial charge in [-0.2, -0.15) is 0 Å². The molecule has 116 valence electrons. The Labute approximate surface area is 136 Å².